The molecule has 1 unspecified atom stereocenters. The minimum absolute atomic E-state index is 0.259. The van der Waals surface area contributed by atoms with Crippen LogP contribution in [0.25, 0.3) is 0 Å². The predicted molar refractivity (Wildman–Crippen MR) is 75.4 cm³/mol. The molecule has 0 amide bonds. The van der Waals surface area contributed by atoms with E-state index in [1.807, 2.05) is 42.8 Å². The number of aliphatic hydroxyl groups excluding tert-OH is 1. The highest BCUT2D eigenvalue weighted by molar-refractivity contribution is 5.27. The maximum Gasteiger partial charge on any atom is 0.146 e. The van der Waals surface area contributed by atoms with Crippen molar-refractivity contribution in [2.75, 3.05) is 13.2 Å². The van der Waals surface area contributed by atoms with E-state index in [1.54, 1.807) is 6.33 Å². The highest BCUT2D eigenvalue weighted by Gasteiger charge is 2.06. The highest BCUT2D eigenvalue weighted by atomic mass is 16.5. The van der Waals surface area contributed by atoms with Gasteiger partial charge in [0.1, 0.15) is 30.6 Å². The second-order valence-corrected chi connectivity index (χ2v) is 4.77. The lowest BCUT2D eigenvalue weighted by Crippen LogP contribution is -2.31. The van der Waals surface area contributed by atoms with Gasteiger partial charge in [-0.3, -0.25) is 0 Å². The Kier molecular flexibility index (Phi) is 5.09. The summed E-state index contributed by atoms with van der Waals surface area (Å²) in [6.45, 7) is 3.28. The summed E-state index contributed by atoms with van der Waals surface area (Å²) in [7, 11) is 1.88. The summed E-state index contributed by atoms with van der Waals surface area (Å²) in [6.07, 6.45) is 1.08. The molecule has 0 spiro atoms. The van der Waals surface area contributed by atoms with Crippen molar-refractivity contribution in [3.63, 3.8) is 0 Å². The SMILES string of the molecule is Cc1cccc(OCC(O)CNCc2nncn2C)c1. The third-order valence-corrected chi connectivity index (χ3v) is 2.90. The maximum atomic E-state index is 9.85. The van der Waals surface area contributed by atoms with Gasteiger partial charge >= 0.3 is 0 Å². The van der Waals surface area contributed by atoms with Gasteiger partial charge in [-0.05, 0) is 24.6 Å². The lowest BCUT2D eigenvalue weighted by Gasteiger charge is -2.13. The third kappa shape index (κ3) is 4.32. The summed E-state index contributed by atoms with van der Waals surface area (Å²) < 4.78 is 7.37. The molecule has 0 fully saturated rings. The molecule has 6 nitrogen and oxygen atoms in total. The molecule has 108 valence electrons. The monoisotopic (exact) mass is 276 g/mol. The van der Waals surface area contributed by atoms with Gasteiger partial charge in [0.05, 0.1) is 6.54 Å². The Bertz CT molecular complexity index is 541. The summed E-state index contributed by atoms with van der Waals surface area (Å²) in [5, 5.41) is 20.7. The first-order chi connectivity index (χ1) is 9.65. The fraction of sp³-hybridized carbons (Fsp3) is 0.429. The third-order valence-electron chi connectivity index (χ3n) is 2.90. The second kappa shape index (κ2) is 7.02. The number of ether oxygens (including phenoxy) is 1. The predicted octanol–water partition coefficient (Wildman–Crippen LogP) is 0.653. The molecule has 0 bridgehead atoms. The van der Waals surface area contributed by atoms with Crippen molar-refractivity contribution in [1.82, 2.24) is 20.1 Å². The molecule has 2 rings (SSSR count). The van der Waals surface area contributed by atoms with Gasteiger partial charge in [0, 0.05) is 13.6 Å². The van der Waals surface area contributed by atoms with E-state index in [9.17, 15) is 5.11 Å². The normalized spacial score (nSPS) is 12.3. The van der Waals surface area contributed by atoms with Crippen LogP contribution in [0.1, 0.15) is 11.4 Å². The van der Waals surface area contributed by atoms with Crippen LogP contribution >= 0.6 is 0 Å². The lowest BCUT2D eigenvalue weighted by atomic mass is 10.2. The van der Waals surface area contributed by atoms with Gasteiger partial charge in [-0.2, -0.15) is 0 Å². The number of aromatic nitrogens is 3. The van der Waals surface area contributed by atoms with Gasteiger partial charge in [0.25, 0.3) is 0 Å². The summed E-state index contributed by atoms with van der Waals surface area (Å²) in [5.74, 6) is 1.61. The topological polar surface area (TPSA) is 72.2 Å². The molecule has 2 aromatic rings. The van der Waals surface area contributed by atoms with Crippen LogP contribution in [0.15, 0.2) is 30.6 Å². The van der Waals surface area contributed by atoms with E-state index < -0.39 is 6.10 Å². The Hall–Kier alpha value is -1.92. The van der Waals surface area contributed by atoms with E-state index in [-0.39, 0.29) is 6.61 Å². The fourth-order valence-corrected chi connectivity index (χ4v) is 1.77. The Morgan fingerprint density at radius 3 is 3.00 bits per heavy atom. The zero-order valence-electron chi connectivity index (χ0n) is 11.8. The van der Waals surface area contributed by atoms with Crippen LogP contribution in [-0.4, -0.2) is 39.1 Å². The van der Waals surface area contributed by atoms with Crippen molar-refractivity contribution >= 4 is 0 Å². The number of nitrogens with zero attached hydrogens (tertiary/aromatic N) is 3. The first-order valence-corrected chi connectivity index (χ1v) is 6.56. The summed E-state index contributed by atoms with van der Waals surface area (Å²) in [5.41, 5.74) is 1.14. The fourth-order valence-electron chi connectivity index (χ4n) is 1.77. The molecule has 0 aliphatic carbocycles. The molecule has 2 N–H and O–H groups in total. The minimum atomic E-state index is -0.566. The van der Waals surface area contributed by atoms with Crippen LogP contribution in [-0.2, 0) is 13.6 Å². The van der Waals surface area contributed by atoms with E-state index in [0.717, 1.165) is 17.1 Å². The van der Waals surface area contributed by atoms with Crippen LogP contribution in [0, 0.1) is 6.92 Å². The zero-order valence-corrected chi connectivity index (χ0v) is 11.8. The van der Waals surface area contributed by atoms with E-state index >= 15 is 0 Å². The van der Waals surface area contributed by atoms with Crippen LogP contribution in [0.3, 0.4) is 0 Å². The number of hydrogen-bond donors (Lipinski definition) is 2. The van der Waals surface area contributed by atoms with Gasteiger partial charge in [0.2, 0.25) is 0 Å². The number of nitrogens with one attached hydrogen (secondary N) is 1. The first kappa shape index (κ1) is 14.5. The first-order valence-electron chi connectivity index (χ1n) is 6.56. The van der Waals surface area contributed by atoms with Crippen molar-refractivity contribution in [2.45, 2.75) is 19.6 Å². The number of rotatable bonds is 7. The minimum Gasteiger partial charge on any atom is -0.491 e. The van der Waals surface area contributed by atoms with Gasteiger partial charge in [-0.25, -0.2) is 0 Å². The second-order valence-electron chi connectivity index (χ2n) is 4.77. The largest absolute Gasteiger partial charge is 0.491 e. The molecule has 1 aromatic heterocycles. The van der Waals surface area contributed by atoms with E-state index in [4.69, 9.17) is 4.74 Å². The molecule has 6 heteroatoms. The number of hydrogen-bond acceptors (Lipinski definition) is 5. The average Bonchev–Trinajstić information content (AvgIpc) is 2.82. The van der Waals surface area contributed by atoms with Crippen LogP contribution in [0.4, 0.5) is 0 Å². The number of aliphatic hydroxyl groups is 1. The molecule has 1 aromatic carbocycles. The van der Waals surface area contributed by atoms with E-state index in [0.29, 0.717) is 13.1 Å². The van der Waals surface area contributed by atoms with Crippen LogP contribution in [0.5, 0.6) is 5.75 Å². The lowest BCUT2D eigenvalue weighted by molar-refractivity contribution is 0.106. The van der Waals surface area contributed by atoms with E-state index in [2.05, 4.69) is 15.5 Å². The van der Waals surface area contributed by atoms with Crippen molar-refractivity contribution in [3.05, 3.63) is 42.0 Å². The standard InChI is InChI=1S/C14H20N4O2/c1-11-4-3-5-13(6-11)20-9-12(19)7-15-8-14-17-16-10-18(14)2/h3-6,10,12,15,19H,7-9H2,1-2H3. The molecular formula is C14H20N4O2. The van der Waals surface area contributed by atoms with Crippen molar-refractivity contribution < 1.29 is 9.84 Å². The van der Waals surface area contributed by atoms with Gasteiger partial charge in [-0.1, -0.05) is 12.1 Å². The Morgan fingerprint density at radius 2 is 2.30 bits per heavy atom. The quantitative estimate of drug-likeness (QED) is 0.777. The van der Waals surface area contributed by atoms with Crippen LogP contribution in [0.2, 0.25) is 0 Å². The van der Waals surface area contributed by atoms with Crippen molar-refractivity contribution in [2.24, 2.45) is 7.05 Å². The van der Waals surface area contributed by atoms with Crippen molar-refractivity contribution in [3.8, 4) is 5.75 Å². The smallest absolute Gasteiger partial charge is 0.146 e. The summed E-state index contributed by atoms with van der Waals surface area (Å²) in [4.78, 5) is 0. The molecule has 0 saturated heterocycles. The summed E-state index contributed by atoms with van der Waals surface area (Å²) in [6, 6.07) is 7.77. The van der Waals surface area contributed by atoms with Gasteiger partial charge in [0.15, 0.2) is 0 Å². The average molecular weight is 276 g/mol. The molecule has 0 aliphatic heterocycles. The summed E-state index contributed by atoms with van der Waals surface area (Å²) >= 11 is 0. The number of aryl methyl sites for hydroxylation is 2. The Balaban J connectivity index is 1.68. The molecule has 1 atom stereocenters. The molecular weight excluding hydrogens is 256 g/mol. The Morgan fingerprint density at radius 1 is 1.45 bits per heavy atom. The Labute approximate surface area is 118 Å². The van der Waals surface area contributed by atoms with Crippen LogP contribution < -0.4 is 10.1 Å². The van der Waals surface area contributed by atoms with Gasteiger partial charge < -0.3 is 19.7 Å². The molecule has 20 heavy (non-hydrogen) atoms. The zero-order chi connectivity index (χ0) is 14.4. The highest BCUT2D eigenvalue weighted by Crippen LogP contribution is 2.12. The van der Waals surface area contributed by atoms with Crippen molar-refractivity contribution in [1.29, 1.82) is 0 Å². The molecule has 0 radical (unpaired) electrons. The van der Waals surface area contributed by atoms with E-state index in [1.165, 1.54) is 0 Å². The molecule has 0 aliphatic rings. The van der Waals surface area contributed by atoms with Gasteiger partial charge in [-0.15, -0.1) is 10.2 Å². The maximum absolute atomic E-state index is 9.85. The molecule has 0 saturated carbocycles. The number of benzene rings is 1. The molecule has 1 heterocycles.